The molecule has 2 rings (SSSR count). The summed E-state index contributed by atoms with van der Waals surface area (Å²) in [6.07, 6.45) is 0. The predicted octanol–water partition coefficient (Wildman–Crippen LogP) is 3.71. The maximum atomic E-state index is 13.7. The van der Waals surface area contributed by atoms with E-state index in [-0.39, 0.29) is 10.6 Å². The minimum Gasteiger partial charge on any atom is -0.496 e. The highest BCUT2D eigenvalue weighted by Crippen LogP contribution is 2.28. The van der Waals surface area contributed by atoms with Gasteiger partial charge >= 0.3 is 0 Å². The van der Waals surface area contributed by atoms with Gasteiger partial charge in [-0.05, 0) is 58.7 Å². The first-order valence-corrected chi connectivity index (χ1v) is 8.23. The fourth-order valence-corrected chi connectivity index (χ4v) is 3.51. The molecule has 2 aromatic carbocycles. The molecule has 7 heteroatoms. The maximum Gasteiger partial charge on any atom is 0.262 e. The van der Waals surface area contributed by atoms with Gasteiger partial charge in [0.15, 0.2) is 0 Å². The molecule has 0 spiro atoms. The number of ether oxygens (including phenoxy) is 1. The van der Waals surface area contributed by atoms with Gasteiger partial charge in [0.05, 0.1) is 22.2 Å². The molecule has 0 aliphatic rings. The molecule has 0 aromatic heterocycles. The third-order valence-electron chi connectivity index (χ3n) is 2.80. The van der Waals surface area contributed by atoms with E-state index >= 15 is 0 Å². The van der Waals surface area contributed by atoms with Gasteiger partial charge in [-0.2, -0.15) is 0 Å². The van der Waals surface area contributed by atoms with Crippen LogP contribution in [0, 0.1) is 12.7 Å². The quantitative estimate of drug-likeness (QED) is 0.888. The van der Waals surface area contributed by atoms with Crippen LogP contribution in [0.5, 0.6) is 5.75 Å². The van der Waals surface area contributed by atoms with Gasteiger partial charge in [-0.3, -0.25) is 4.72 Å². The molecule has 0 unspecified atom stereocenters. The van der Waals surface area contributed by atoms with Crippen LogP contribution in [0.2, 0.25) is 0 Å². The second-order valence-corrected chi connectivity index (χ2v) is 6.92. The number of methoxy groups -OCH3 is 1. The summed E-state index contributed by atoms with van der Waals surface area (Å²) in [7, 11) is -2.39. The van der Waals surface area contributed by atoms with E-state index in [4.69, 9.17) is 4.74 Å². The van der Waals surface area contributed by atoms with Gasteiger partial charge in [0.25, 0.3) is 10.0 Å². The highest BCUT2D eigenvalue weighted by atomic mass is 79.9. The normalized spacial score (nSPS) is 11.2. The van der Waals surface area contributed by atoms with Gasteiger partial charge in [-0.25, -0.2) is 12.8 Å². The number of benzene rings is 2. The molecule has 0 amide bonds. The molecule has 0 radical (unpaired) electrons. The molecule has 0 fully saturated rings. The number of sulfonamides is 1. The number of rotatable bonds is 4. The first kappa shape index (κ1) is 15.8. The lowest BCUT2D eigenvalue weighted by molar-refractivity contribution is 0.411. The molecule has 112 valence electrons. The molecule has 0 aliphatic heterocycles. The van der Waals surface area contributed by atoms with Crippen molar-refractivity contribution in [1.82, 2.24) is 0 Å². The lowest BCUT2D eigenvalue weighted by Gasteiger charge is -2.11. The average molecular weight is 374 g/mol. The van der Waals surface area contributed by atoms with E-state index in [1.807, 2.05) is 0 Å². The topological polar surface area (TPSA) is 55.4 Å². The minimum atomic E-state index is -3.88. The second-order valence-electron chi connectivity index (χ2n) is 4.39. The van der Waals surface area contributed by atoms with E-state index in [1.54, 1.807) is 13.0 Å². The van der Waals surface area contributed by atoms with E-state index in [9.17, 15) is 12.8 Å². The number of anilines is 1. The van der Waals surface area contributed by atoms with Crippen LogP contribution in [0.25, 0.3) is 0 Å². The van der Waals surface area contributed by atoms with Gasteiger partial charge in [0, 0.05) is 0 Å². The molecule has 0 atom stereocenters. The Bertz CT molecular complexity index is 778. The summed E-state index contributed by atoms with van der Waals surface area (Å²) in [6.45, 7) is 1.75. The number of halogens is 2. The third-order valence-corrected chi connectivity index (χ3v) is 4.78. The van der Waals surface area contributed by atoms with Crippen molar-refractivity contribution in [1.29, 1.82) is 0 Å². The summed E-state index contributed by atoms with van der Waals surface area (Å²) in [5, 5.41) is 0. The monoisotopic (exact) mass is 373 g/mol. The van der Waals surface area contributed by atoms with Gasteiger partial charge < -0.3 is 4.74 Å². The molecule has 0 saturated carbocycles. The Morgan fingerprint density at radius 3 is 2.52 bits per heavy atom. The highest BCUT2D eigenvalue weighted by molar-refractivity contribution is 9.10. The maximum absolute atomic E-state index is 13.7. The smallest absolute Gasteiger partial charge is 0.262 e. The van der Waals surface area contributed by atoms with E-state index in [1.165, 1.54) is 37.4 Å². The van der Waals surface area contributed by atoms with Crippen LogP contribution in [0.3, 0.4) is 0 Å². The molecule has 21 heavy (non-hydrogen) atoms. The Kier molecular flexibility index (Phi) is 4.53. The van der Waals surface area contributed by atoms with Crippen molar-refractivity contribution in [2.45, 2.75) is 11.8 Å². The summed E-state index contributed by atoms with van der Waals surface area (Å²) in [4.78, 5) is 0.0103. The van der Waals surface area contributed by atoms with Gasteiger partial charge in [-0.1, -0.05) is 6.07 Å². The number of hydrogen-bond acceptors (Lipinski definition) is 3. The van der Waals surface area contributed by atoms with Crippen LogP contribution in [0.15, 0.2) is 45.8 Å². The minimum absolute atomic E-state index is 0.0103. The molecular weight excluding hydrogens is 361 g/mol. The van der Waals surface area contributed by atoms with E-state index < -0.39 is 15.8 Å². The van der Waals surface area contributed by atoms with Crippen molar-refractivity contribution >= 4 is 31.6 Å². The fourth-order valence-electron chi connectivity index (χ4n) is 1.74. The first-order chi connectivity index (χ1) is 9.83. The van der Waals surface area contributed by atoms with Gasteiger partial charge in [-0.15, -0.1) is 0 Å². The summed E-state index contributed by atoms with van der Waals surface area (Å²) < 4.78 is 46.0. The Morgan fingerprint density at radius 2 is 1.90 bits per heavy atom. The number of nitrogens with one attached hydrogen (secondary N) is 1. The second kappa shape index (κ2) is 6.03. The molecule has 0 bridgehead atoms. The van der Waals surface area contributed by atoms with E-state index in [0.717, 1.165) is 5.56 Å². The molecule has 4 nitrogen and oxygen atoms in total. The van der Waals surface area contributed by atoms with Crippen molar-refractivity contribution in [2.75, 3.05) is 11.8 Å². The highest BCUT2D eigenvalue weighted by Gasteiger charge is 2.18. The lowest BCUT2D eigenvalue weighted by Crippen LogP contribution is -2.14. The summed E-state index contributed by atoms with van der Waals surface area (Å²) in [5.41, 5.74) is 0.673. The van der Waals surface area contributed by atoms with Crippen molar-refractivity contribution in [2.24, 2.45) is 0 Å². The van der Waals surface area contributed by atoms with Crippen molar-refractivity contribution in [3.63, 3.8) is 0 Å². The number of hydrogen-bond donors (Lipinski definition) is 1. The van der Waals surface area contributed by atoms with Crippen LogP contribution in [-0.4, -0.2) is 15.5 Å². The van der Waals surface area contributed by atoms with Crippen molar-refractivity contribution in [3.8, 4) is 5.75 Å². The zero-order valence-electron chi connectivity index (χ0n) is 11.4. The Hall–Kier alpha value is -1.60. The third kappa shape index (κ3) is 3.54. The number of aryl methyl sites for hydroxylation is 1. The zero-order chi connectivity index (χ0) is 15.6. The molecule has 2 aromatic rings. The van der Waals surface area contributed by atoms with E-state index in [2.05, 4.69) is 20.7 Å². The first-order valence-electron chi connectivity index (χ1n) is 5.96. The van der Waals surface area contributed by atoms with Crippen LogP contribution in [0.1, 0.15) is 5.56 Å². The van der Waals surface area contributed by atoms with Crippen LogP contribution in [-0.2, 0) is 10.0 Å². The van der Waals surface area contributed by atoms with Crippen LogP contribution < -0.4 is 9.46 Å². The summed E-state index contributed by atoms with van der Waals surface area (Å²) >= 11 is 3.22. The Labute approximate surface area is 131 Å². The molecule has 0 aliphatic carbocycles. The van der Waals surface area contributed by atoms with Crippen LogP contribution >= 0.6 is 15.9 Å². The SMILES string of the molecule is COc1ccc(S(=O)(=O)Nc2cc(C)ccc2F)cc1Br. The molecule has 0 saturated heterocycles. The largest absolute Gasteiger partial charge is 0.496 e. The zero-order valence-corrected chi connectivity index (χ0v) is 13.8. The molecule has 0 heterocycles. The molecular formula is C14H13BrFNO3S. The lowest BCUT2D eigenvalue weighted by atomic mass is 10.2. The summed E-state index contributed by atoms with van der Waals surface area (Å²) in [5.74, 6) is -0.118. The Morgan fingerprint density at radius 1 is 1.19 bits per heavy atom. The average Bonchev–Trinajstić information content (AvgIpc) is 2.42. The van der Waals surface area contributed by atoms with E-state index in [0.29, 0.717) is 10.2 Å². The van der Waals surface area contributed by atoms with Gasteiger partial charge in [0.2, 0.25) is 0 Å². The summed E-state index contributed by atoms with van der Waals surface area (Å²) in [6, 6.07) is 8.53. The van der Waals surface area contributed by atoms with Crippen molar-refractivity contribution in [3.05, 3.63) is 52.3 Å². The predicted molar refractivity (Wildman–Crippen MR) is 82.6 cm³/mol. The fraction of sp³-hybridized carbons (Fsp3) is 0.143. The van der Waals surface area contributed by atoms with Crippen LogP contribution in [0.4, 0.5) is 10.1 Å². The molecule has 1 N–H and O–H groups in total. The van der Waals surface area contributed by atoms with Gasteiger partial charge in [0.1, 0.15) is 11.6 Å². The van der Waals surface area contributed by atoms with Crippen molar-refractivity contribution < 1.29 is 17.5 Å². The standard InChI is InChI=1S/C14H13BrFNO3S/c1-9-3-5-12(16)13(7-9)17-21(18,19)10-4-6-14(20-2)11(15)8-10/h3-8,17H,1-2H3. The Balaban J connectivity index is 2.38.